The molecule has 0 saturated carbocycles. The van der Waals surface area contributed by atoms with Crippen molar-refractivity contribution in [1.82, 2.24) is 4.98 Å². The molecule has 0 radical (unpaired) electrons. The fraction of sp³-hybridized carbons (Fsp3) is 0.444. The van der Waals surface area contributed by atoms with Gasteiger partial charge in [-0.3, -0.25) is 9.69 Å². The van der Waals surface area contributed by atoms with E-state index in [1.54, 1.807) is 17.8 Å². The summed E-state index contributed by atoms with van der Waals surface area (Å²) in [6.07, 6.45) is 0.259. The number of hydrogen-bond donors (Lipinski definition) is 1. The highest BCUT2D eigenvalue weighted by atomic mass is 32.1. The minimum atomic E-state index is -1.04. The van der Waals surface area contributed by atoms with Gasteiger partial charge in [-0.2, -0.15) is 0 Å². The molecule has 0 fully saturated rings. The van der Waals surface area contributed by atoms with E-state index in [9.17, 15) is 9.59 Å². The third kappa shape index (κ3) is 2.53. The summed E-state index contributed by atoms with van der Waals surface area (Å²) in [5, 5.41) is 10.5. The van der Waals surface area contributed by atoms with Crippen LogP contribution in [0.3, 0.4) is 0 Å². The van der Waals surface area contributed by atoms with Crippen LogP contribution in [-0.2, 0) is 9.59 Å². The third-order valence-electron chi connectivity index (χ3n) is 1.98. The molecule has 0 aliphatic heterocycles. The first-order valence-corrected chi connectivity index (χ1v) is 5.45. The van der Waals surface area contributed by atoms with E-state index < -0.39 is 12.0 Å². The van der Waals surface area contributed by atoms with Crippen molar-refractivity contribution in [2.45, 2.75) is 26.3 Å². The van der Waals surface area contributed by atoms with Gasteiger partial charge >= 0.3 is 5.97 Å². The zero-order valence-corrected chi connectivity index (χ0v) is 9.32. The maximum Gasteiger partial charge on any atom is 0.326 e. The smallest absolute Gasteiger partial charge is 0.326 e. The van der Waals surface area contributed by atoms with Crippen molar-refractivity contribution in [3.8, 4) is 0 Å². The first-order chi connectivity index (χ1) is 7.07. The maximum absolute atomic E-state index is 11.6. The molecule has 1 heterocycles. The molecule has 15 heavy (non-hydrogen) atoms. The van der Waals surface area contributed by atoms with Crippen LogP contribution in [0, 0.1) is 0 Å². The second-order valence-electron chi connectivity index (χ2n) is 2.98. The lowest BCUT2D eigenvalue weighted by Gasteiger charge is -2.23. The van der Waals surface area contributed by atoms with E-state index >= 15 is 0 Å². The predicted octanol–water partition coefficient (Wildman–Crippen LogP) is 1.36. The quantitative estimate of drug-likeness (QED) is 0.844. The summed E-state index contributed by atoms with van der Waals surface area (Å²) in [4.78, 5) is 27.6. The van der Waals surface area contributed by atoms with Crippen LogP contribution >= 0.6 is 11.3 Å². The number of anilines is 1. The van der Waals surface area contributed by atoms with Gasteiger partial charge in [-0.05, 0) is 6.92 Å². The molecule has 1 atom stereocenters. The molecule has 0 unspecified atom stereocenters. The summed E-state index contributed by atoms with van der Waals surface area (Å²) >= 11 is 1.33. The highest BCUT2D eigenvalue weighted by Gasteiger charge is 2.27. The molecule has 1 rings (SSSR count). The molecule has 82 valence electrons. The zero-order valence-electron chi connectivity index (χ0n) is 8.51. The van der Waals surface area contributed by atoms with E-state index in [1.807, 2.05) is 0 Å². The first kappa shape index (κ1) is 11.6. The van der Waals surface area contributed by atoms with Crippen LogP contribution in [0.4, 0.5) is 5.82 Å². The van der Waals surface area contributed by atoms with Crippen molar-refractivity contribution >= 4 is 29.0 Å². The SMILES string of the molecule is CCC(=O)N(c1cscn1)[C@@H](C)C(=O)O. The summed E-state index contributed by atoms with van der Waals surface area (Å²) in [6, 6.07) is -0.889. The molecule has 1 aromatic heterocycles. The van der Waals surface area contributed by atoms with Crippen molar-refractivity contribution in [2.75, 3.05) is 4.90 Å². The Morgan fingerprint density at radius 3 is 2.73 bits per heavy atom. The number of hydrogen-bond acceptors (Lipinski definition) is 4. The van der Waals surface area contributed by atoms with Crippen molar-refractivity contribution < 1.29 is 14.7 Å². The molecule has 5 nitrogen and oxygen atoms in total. The Hall–Kier alpha value is -1.43. The Morgan fingerprint density at radius 2 is 2.33 bits per heavy atom. The van der Waals surface area contributed by atoms with E-state index in [1.165, 1.54) is 23.2 Å². The minimum absolute atomic E-state index is 0.240. The van der Waals surface area contributed by atoms with Crippen molar-refractivity contribution in [3.63, 3.8) is 0 Å². The van der Waals surface area contributed by atoms with Gasteiger partial charge in [-0.1, -0.05) is 6.92 Å². The molecular formula is C9H12N2O3S. The predicted molar refractivity (Wildman–Crippen MR) is 57.0 cm³/mol. The number of thiazole rings is 1. The third-order valence-corrected chi connectivity index (χ3v) is 2.56. The molecule has 1 N–H and O–H groups in total. The van der Waals surface area contributed by atoms with Crippen LogP contribution in [0.25, 0.3) is 0 Å². The van der Waals surface area contributed by atoms with E-state index in [0.717, 1.165) is 0 Å². The van der Waals surface area contributed by atoms with E-state index in [2.05, 4.69) is 4.98 Å². The number of amides is 1. The fourth-order valence-corrected chi connectivity index (χ4v) is 1.67. The van der Waals surface area contributed by atoms with Crippen molar-refractivity contribution in [3.05, 3.63) is 10.9 Å². The topological polar surface area (TPSA) is 70.5 Å². The number of carboxylic acids is 1. The van der Waals surface area contributed by atoms with E-state index in [4.69, 9.17) is 5.11 Å². The lowest BCUT2D eigenvalue weighted by atomic mass is 10.2. The van der Waals surface area contributed by atoms with Gasteiger partial charge in [0.2, 0.25) is 5.91 Å². The highest BCUT2D eigenvalue weighted by Crippen LogP contribution is 2.18. The van der Waals surface area contributed by atoms with Crippen LogP contribution in [0.2, 0.25) is 0 Å². The number of carboxylic acid groups (broad SMARTS) is 1. The lowest BCUT2D eigenvalue weighted by Crippen LogP contribution is -2.43. The number of aromatic nitrogens is 1. The zero-order chi connectivity index (χ0) is 11.4. The molecule has 0 aromatic carbocycles. The minimum Gasteiger partial charge on any atom is -0.480 e. The van der Waals surface area contributed by atoms with E-state index in [-0.39, 0.29) is 12.3 Å². The normalized spacial score (nSPS) is 12.1. The van der Waals surface area contributed by atoms with E-state index in [0.29, 0.717) is 5.82 Å². The Balaban J connectivity index is 2.98. The van der Waals surface area contributed by atoms with Crippen LogP contribution < -0.4 is 4.90 Å². The second kappa shape index (κ2) is 4.88. The van der Waals surface area contributed by atoms with Gasteiger partial charge < -0.3 is 5.11 Å². The van der Waals surface area contributed by atoms with Gasteiger partial charge in [0.1, 0.15) is 11.9 Å². The molecule has 0 saturated heterocycles. The highest BCUT2D eigenvalue weighted by molar-refractivity contribution is 7.07. The van der Waals surface area contributed by atoms with Gasteiger partial charge in [-0.25, -0.2) is 9.78 Å². The van der Waals surface area contributed by atoms with Gasteiger partial charge in [0.05, 0.1) is 5.51 Å². The standard InChI is InChI=1S/C9H12N2O3S/c1-3-8(12)11(6(2)9(13)14)7-4-15-5-10-7/h4-6H,3H2,1-2H3,(H,13,14)/t6-/m0/s1. The molecule has 1 amide bonds. The van der Waals surface area contributed by atoms with Crippen molar-refractivity contribution in [2.24, 2.45) is 0 Å². The van der Waals surface area contributed by atoms with Crippen LogP contribution in [0.1, 0.15) is 20.3 Å². The molecule has 1 aromatic rings. The first-order valence-electron chi connectivity index (χ1n) is 4.51. The summed E-state index contributed by atoms with van der Waals surface area (Å²) in [6.45, 7) is 3.16. The summed E-state index contributed by atoms with van der Waals surface area (Å²) in [7, 11) is 0. The Kier molecular flexibility index (Phi) is 3.79. The Labute approximate surface area is 91.4 Å². The van der Waals surface area contributed by atoms with Gasteiger partial charge in [0.15, 0.2) is 0 Å². The number of nitrogens with zero attached hydrogens (tertiary/aromatic N) is 2. The van der Waals surface area contributed by atoms with Gasteiger partial charge in [0.25, 0.3) is 0 Å². The summed E-state index contributed by atoms with van der Waals surface area (Å²) < 4.78 is 0. The lowest BCUT2D eigenvalue weighted by molar-refractivity contribution is -0.139. The number of aliphatic carboxylic acids is 1. The number of carbonyl (C=O) groups excluding carboxylic acids is 1. The molecule has 0 aliphatic carbocycles. The maximum atomic E-state index is 11.6. The molecule has 0 aliphatic rings. The van der Waals surface area contributed by atoms with Gasteiger partial charge in [0, 0.05) is 11.8 Å². The van der Waals surface area contributed by atoms with Crippen molar-refractivity contribution in [1.29, 1.82) is 0 Å². The number of rotatable bonds is 4. The van der Waals surface area contributed by atoms with Crippen LogP contribution in [-0.4, -0.2) is 28.0 Å². The average Bonchev–Trinajstić information content (AvgIpc) is 2.70. The molecule has 0 spiro atoms. The molecular weight excluding hydrogens is 216 g/mol. The summed E-state index contributed by atoms with van der Waals surface area (Å²) in [5.41, 5.74) is 1.57. The molecule has 6 heteroatoms. The van der Waals surface area contributed by atoms with Gasteiger partial charge in [-0.15, -0.1) is 11.3 Å². The Morgan fingerprint density at radius 1 is 1.67 bits per heavy atom. The van der Waals surface area contributed by atoms with Crippen LogP contribution in [0.15, 0.2) is 10.9 Å². The monoisotopic (exact) mass is 228 g/mol. The average molecular weight is 228 g/mol. The summed E-state index contributed by atoms with van der Waals surface area (Å²) in [5.74, 6) is -0.873. The van der Waals surface area contributed by atoms with Crippen LogP contribution in [0.5, 0.6) is 0 Å². The largest absolute Gasteiger partial charge is 0.480 e. The second-order valence-corrected chi connectivity index (χ2v) is 3.70. The Bertz CT molecular complexity index is 350. The number of carbonyl (C=O) groups is 2. The fourth-order valence-electron chi connectivity index (χ4n) is 1.15. The molecule has 0 bridgehead atoms.